The Balaban J connectivity index is 4.42. The summed E-state index contributed by atoms with van der Waals surface area (Å²) in [7, 11) is 0. The molecule has 0 aliphatic rings. The molecular weight excluding hydrogens is 685 g/mol. The number of amides is 1. The molecule has 0 bridgehead atoms. The molecule has 1 amide bonds. The number of carbonyl (C=O) groups excluding carboxylic acids is 2. The second-order valence-electron chi connectivity index (χ2n) is 14.0. The van der Waals surface area contributed by atoms with E-state index in [0.717, 1.165) is 96.3 Å². The van der Waals surface area contributed by atoms with Gasteiger partial charge in [-0.3, -0.25) is 9.59 Å². The van der Waals surface area contributed by atoms with E-state index in [1.807, 2.05) is 6.08 Å². The van der Waals surface area contributed by atoms with Crippen molar-refractivity contribution >= 4 is 17.8 Å². The van der Waals surface area contributed by atoms with Crippen molar-refractivity contribution < 1.29 is 24.2 Å². The quantitative estimate of drug-likeness (QED) is 0.0329. The monoisotopic (exact) mass is 763 g/mol. The highest BCUT2D eigenvalue weighted by molar-refractivity contribution is 5.83. The average Bonchev–Trinajstić information content (AvgIpc) is 3.17. The molecule has 0 aromatic rings. The Bertz CT molecular complexity index is 1180. The lowest BCUT2D eigenvalue weighted by Crippen LogP contribution is -2.40. The molecule has 0 rings (SSSR count). The van der Waals surface area contributed by atoms with Gasteiger partial charge in [-0.1, -0.05) is 137 Å². The van der Waals surface area contributed by atoms with E-state index < -0.39 is 12.0 Å². The second kappa shape index (κ2) is 41.5. The van der Waals surface area contributed by atoms with Gasteiger partial charge in [-0.2, -0.15) is 0 Å². The van der Waals surface area contributed by atoms with Gasteiger partial charge in [0.05, 0.1) is 0 Å². The van der Waals surface area contributed by atoms with Gasteiger partial charge >= 0.3 is 11.9 Å². The second-order valence-corrected chi connectivity index (χ2v) is 14.0. The van der Waals surface area contributed by atoms with Crippen molar-refractivity contribution in [3.63, 3.8) is 0 Å². The Labute approximate surface area is 336 Å². The fourth-order valence-corrected chi connectivity index (χ4v) is 5.64. The Kier molecular flexibility index (Phi) is 38.7. The lowest BCUT2D eigenvalue weighted by molar-refractivity contribution is -0.147. The number of allylic oxidation sites excluding steroid dienone is 15. The summed E-state index contributed by atoms with van der Waals surface area (Å²) in [6.07, 6.45) is 56.1. The molecule has 0 radical (unpaired) electrons. The number of carboxylic acid groups (broad SMARTS) is 1. The molecule has 0 saturated heterocycles. The van der Waals surface area contributed by atoms with Crippen LogP contribution in [0.2, 0.25) is 0 Å². The van der Waals surface area contributed by atoms with Crippen LogP contribution >= 0.6 is 0 Å². The van der Waals surface area contributed by atoms with Gasteiger partial charge in [-0.05, 0) is 122 Å². The third kappa shape index (κ3) is 38.4. The van der Waals surface area contributed by atoms with Crippen LogP contribution in [0.15, 0.2) is 97.2 Å². The zero-order valence-electron chi connectivity index (χ0n) is 34.7. The van der Waals surface area contributed by atoms with E-state index in [1.54, 1.807) is 0 Å². The van der Waals surface area contributed by atoms with Crippen molar-refractivity contribution in [3.05, 3.63) is 97.2 Å². The highest BCUT2D eigenvalue weighted by Gasteiger charge is 2.19. The van der Waals surface area contributed by atoms with Gasteiger partial charge in [0, 0.05) is 12.8 Å². The Morgan fingerprint density at radius 2 is 1.05 bits per heavy atom. The standard InChI is InChI=1S/C48H78N2O5/c1-3-5-7-9-11-13-14-15-16-17-18-19-20-21-22-23-24-26-28-30-36-42-47(52)55-44(38-33-29-27-25-12-10-8-6-4-2)39-34-31-32-35-41-46(51)50-45(48(53)54)40-37-43-49/h5,7,11,13,15-16,18-19,21-22,24-27,33,38,44-45H,3-4,6,8-10,12,14,17,20,23,28-32,34-37,39-43,49H2,1-2H3,(H,50,51)(H,53,54)/b7-5-,13-11-,16-15-,19-18-,22-21-,26-24-,27-25-,38-33-. The first-order valence-corrected chi connectivity index (χ1v) is 21.6. The first-order chi connectivity index (χ1) is 26.9. The molecule has 0 fully saturated rings. The SMILES string of the molecule is CC/C=C\C/C=C\C/C=C\C/C=C\C/C=C\C/C=C\CCCCC(=O)OC(/C=C\C/C=C\CCCCCC)CCCCCCC(=O)NC(CCCN)C(=O)O. The topological polar surface area (TPSA) is 119 Å². The summed E-state index contributed by atoms with van der Waals surface area (Å²) in [6, 6.07) is -0.883. The highest BCUT2D eigenvalue weighted by atomic mass is 16.5. The molecule has 2 unspecified atom stereocenters. The summed E-state index contributed by atoms with van der Waals surface area (Å²) in [6.45, 7) is 4.77. The number of hydrogen-bond acceptors (Lipinski definition) is 5. The third-order valence-electron chi connectivity index (χ3n) is 8.87. The molecular formula is C48H78N2O5. The number of nitrogens with one attached hydrogen (secondary N) is 1. The van der Waals surface area contributed by atoms with Gasteiger partial charge in [0.2, 0.25) is 5.91 Å². The smallest absolute Gasteiger partial charge is 0.326 e. The summed E-state index contributed by atoms with van der Waals surface area (Å²) in [5.41, 5.74) is 5.48. The number of esters is 1. The van der Waals surface area contributed by atoms with Crippen LogP contribution in [0, 0.1) is 0 Å². The zero-order valence-corrected chi connectivity index (χ0v) is 34.7. The minimum absolute atomic E-state index is 0.150. The maximum absolute atomic E-state index is 12.7. The number of carbonyl (C=O) groups is 3. The first-order valence-electron chi connectivity index (χ1n) is 21.6. The molecule has 55 heavy (non-hydrogen) atoms. The molecule has 0 saturated carbocycles. The van der Waals surface area contributed by atoms with Crippen molar-refractivity contribution in [3.8, 4) is 0 Å². The van der Waals surface area contributed by atoms with Crippen LogP contribution < -0.4 is 11.1 Å². The first kappa shape index (κ1) is 51.3. The van der Waals surface area contributed by atoms with Gasteiger partial charge in [0.1, 0.15) is 12.1 Å². The number of rotatable bonds is 37. The fraction of sp³-hybridized carbons (Fsp3) is 0.604. The number of nitrogens with two attached hydrogens (primary N) is 1. The maximum Gasteiger partial charge on any atom is 0.326 e. The van der Waals surface area contributed by atoms with E-state index in [2.05, 4.69) is 110 Å². The van der Waals surface area contributed by atoms with Crippen LogP contribution in [0.4, 0.5) is 0 Å². The van der Waals surface area contributed by atoms with Crippen molar-refractivity contribution in [2.75, 3.05) is 6.54 Å². The van der Waals surface area contributed by atoms with E-state index in [4.69, 9.17) is 10.5 Å². The predicted molar refractivity (Wildman–Crippen MR) is 234 cm³/mol. The van der Waals surface area contributed by atoms with Gasteiger partial charge in [-0.15, -0.1) is 0 Å². The molecule has 2 atom stereocenters. The third-order valence-corrected chi connectivity index (χ3v) is 8.87. The van der Waals surface area contributed by atoms with Gasteiger partial charge in [0.15, 0.2) is 0 Å². The van der Waals surface area contributed by atoms with Gasteiger partial charge in [-0.25, -0.2) is 4.79 Å². The normalized spacial score (nSPS) is 13.7. The van der Waals surface area contributed by atoms with E-state index in [9.17, 15) is 19.5 Å². The Morgan fingerprint density at radius 3 is 1.60 bits per heavy atom. The van der Waals surface area contributed by atoms with Crippen molar-refractivity contribution in [1.29, 1.82) is 0 Å². The minimum atomic E-state index is -1.03. The average molecular weight is 763 g/mol. The predicted octanol–water partition coefficient (Wildman–Crippen LogP) is 12.3. The van der Waals surface area contributed by atoms with Gasteiger partial charge < -0.3 is 20.9 Å². The molecule has 0 aromatic carbocycles. The maximum atomic E-state index is 12.7. The largest absolute Gasteiger partial charge is 0.480 e. The lowest BCUT2D eigenvalue weighted by atomic mass is 10.1. The fourth-order valence-electron chi connectivity index (χ4n) is 5.64. The molecule has 310 valence electrons. The molecule has 0 spiro atoms. The zero-order chi connectivity index (χ0) is 40.3. The molecule has 0 aliphatic carbocycles. The van der Waals surface area contributed by atoms with E-state index >= 15 is 0 Å². The summed E-state index contributed by atoms with van der Waals surface area (Å²) in [5.74, 6) is -1.41. The number of carboxylic acids is 1. The van der Waals surface area contributed by atoms with Crippen LogP contribution in [0.3, 0.4) is 0 Å². The summed E-state index contributed by atoms with van der Waals surface area (Å²) < 4.78 is 5.89. The van der Waals surface area contributed by atoms with Crippen LogP contribution in [0.25, 0.3) is 0 Å². The molecule has 4 N–H and O–H groups in total. The van der Waals surface area contributed by atoms with Crippen LogP contribution in [-0.4, -0.2) is 41.6 Å². The van der Waals surface area contributed by atoms with Crippen molar-refractivity contribution in [2.24, 2.45) is 5.73 Å². The molecule has 0 aliphatic heterocycles. The van der Waals surface area contributed by atoms with E-state index in [-0.39, 0.29) is 18.0 Å². The number of unbranched alkanes of at least 4 members (excludes halogenated alkanes) is 9. The van der Waals surface area contributed by atoms with Crippen LogP contribution in [-0.2, 0) is 19.1 Å². The lowest BCUT2D eigenvalue weighted by Gasteiger charge is -2.15. The summed E-state index contributed by atoms with van der Waals surface area (Å²) >= 11 is 0. The summed E-state index contributed by atoms with van der Waals surface area (Å²) in [4.78, 5) is 36.3. The van der Waals surface area contributed by atoms with Crippen molar-refractivity contribution in [1.82, 2.24) is 5.32 Å². The van der Waals surface area contributed by atoms with Crippen LogP contribution in [0.5, 0.6) is 0 Å². The van der Waals surface area contributed by atoms with Crippen molar-refractivity contribution in [2.45, 2.75) is 180 Å². The minimum Gasteiger partial charge on any atom is -0.480 e. The molecule has 0 aromatic heterocycles. The van der Waals surface area contributed by atoms with Crippen LogP contribution in [0.1, 0.15) is 168 Å². The van der Waals surface area contributed by atoms with Gasteiger partial charge in [0.25, 0.3) is 0 Å². The Morgan fingerprint density at radius 1 is 0.564 bits per heavy atom. The molecule has 7 heteroatoms. The van der Waals surface area contributed by atoms with E-state index in [0.29, 0.717) is 38.6 Å². The number of ether oxygens (including phenoxy) is 1. The number of aliphatic carboxylic acids is 1. The van der Waals surface area contributed by atoms with E-state index in [1.165, 1.54) is 25.7 Å². The molecule has 0 heterocycles. The summed E-state index contributed by atoms with van der Waals surface area (Å²) in [5, 5.41) is 11.9. The molecule has 7 nitrogen and oxygen atoms in total. The highest BCUT2D eigenvalue weighted by Crippen LogP contribution is 2.14. The Hall–Kier alpha value is -3.71. The number of hydrogen-bond donors (Lipinski definition) is 3.